The number of halogens is 1. The molecule has 0 fully saturated rings. The summed E-state index contributed by atoms with van der Waals surface area (Å²) in [5.41, 5.74) is 0.873. The highest BCUT2D eigenvalue weighted by Gasteiger charge is 2.25. The maximum Gasteiger partial charge on any atom is 0.243 e. The molecule has 0 bridgehead atoms. The van der Waals surface area contributed by atoms with Crippen LogP contribution in [0.25, 0.3) is 0 Å². The van der Waals surface area contributed by atoms with Gasteiger partial charge in [-0.3, -0.25) is 0 Å². The van der Waals surface area contributed by atoms with Crippen LogP contribution in [0.1, 0.15) is 33.1 Å². The summed E-state index contributed by atoms with van der Waals surface area (Å²) in [5, 5.41) is 9.50. The van der Waals surface area contributed by atoms with Crippen molar-refractivity contribution in [2.45, 2.75) is 38.0 Å². The minimum atomic E-state index is -3.58. The number of sulfonamides is 1. The highest BCUT2D eigenvalue weighted by Crippen LogP contribution is 2.21. The zero-order valence-electron chi connectivity index (χ0n) is 13.8. The molecule has 4 nitrogen and oxygen atoms in total. The van der Waals surface area contributed by atoms with E-state index in [1.54, 1.807) is 12.1 Å². The van der Waals surface area contributed by atoms with E-state index in [2.05, 4.69) is 6.58 Å². The van der Waals surface area contributed by atoms with E-state index in [0.29, 0.717) is 31.0 Å². The minimum absolute atomic E-state index is 0.118. The van der Waals surface area contributed by atoms with Gasteiger partial charge in [0.2, 0.25) is 10.0 Å². The third-order valence-electron chi connectivity index (χ3n) is 3.84. The van der Waals surface area contributed by atoms with Crippen LogP contribution in [0.3, 0.4) is 0 Å². The van der Waals surface area contributed by atoms with E-state index < -0.39 is 10.0 Å². The largest absolute Gasteiger partial charge is 0.396 e. The van der Waals surface area contributed by atoms with E-state index in [0.717, 1.165) is 12.0 Å². The molecule has 1 N–H and O–H groups in total. The first kappa shape index (κ1) is 20.2. The standard InChI is InChI=1S/C17H26ClNO3S/c1-4-14(2)13-19(11-9-15(3)10-12-20)23(21,22)17-7-5-16(18)6-8-17/h5-8,15,20H,2,4,9-13H2,1,3H3. The molecule has 0 amide bonds. The summed E-state index contributed by atoms with van der Waals surface area (Å²) < 4.78 is 27.2. The Morgan fingerprint density at radius 1 is 1.30 bits per heavy atom. The lowest BCUT2D eigenvalue weighted by Crippen LogP contribution is -2.34. The average molecular weight is 360 g/mol. The Bertz CT molecular complexity index is 599. The third-order valence-corrected chi connectivity index (χ3v) is 5.96. The fraction of sp³-hybridized carbons (Fsp3) is 0.529. The van der Waals surface area contributed by atoms with Crippen LogP contribution in [-0.2, 0) is 10.0 Å². The number of rotatable bonds is 10. The van der Waals surface area contributed by atoms with Crippen LogP contribution in [0, 0.1) is 5.92 Å². The molecule has 1 atom stereocenters. The van der Waals surface area contributed by atoms with Gasteiger partial charge >= 0.3 is 0 Å². The maximum absolute atomic E-state index is 12.9. The molecule has 1 rings (SSSR count). The van der Waals surface area contributed by atoms with E-state index >= 15 is 0 Å². The van der Waals surface area contributed by atoms with E-state index in [1.165, 1.54) is 16.4 Å². The minimum Gasteiger partial charge on any atom is -0.396 e. The molecule has 1 aromatic carbocycles. The molecule has 0 aromatic heterocycles. The first-order valence-electron chi connectivity index (χ1n) is 7.84. The van der Waals surface area contributed by atoms with Crippen molar-refractivity contribution in [2.75, 3.05) is 19.7 Å². The Morgan fingerprint density at radius 2 is 1.91 bits per heavy atom. The van der Waals surface area contributed by atoms with E-state index in [9.17, 15) is 8.42 Å². The van der Waals surface area contributed by atoms with Gasteiger partial charge in [-0.05, 0) is 49.4 Å². The van der Waals surface area contributed by atoms with Crippen molar-refractivity contribution in [3.8, 4) is 0 Å². The van der Waals surface area contributed by atoms with Crippen LogP contribution in [0.2, 0.25) is 5.02 Å². The van der Waals surface area contributed by atoms with Crippen LogP contribution < -0.4 is 0 Å². The van der Waals surface area contributed by atoms with Crippen LogP contribution >= 0.6 is 11.6 Å². The smallest absolute Gasteiger partial charge is 0.243 e. The van der Waals surface area contributed by atoms with Crippen LogP contribution in [-0.4, -0.2) is 37.5 Å². The highest BCUT2D eigenvalue weighted by atomic mass is 35.5. The molecule has 6 heteroatoms. The summed E-state index contributed by atoms with van der Waals surface area (Å²) >= 11 is 5.84. The molecule has 0 aliphatic rings. The number of hydrogen-bond acceptors (Lipinski definition) is 3. The zero-order valence-corrected chi connectivity index (χ0v) is 15.4. The van der Waals surface area contributed by atoms with E-state index in [1.807, 2.05) is 13.8 Å². The van der Waals surface area contributed by atoms with Crippen LogP contribution in [0.4, 0.5) is 0 Å². The maximum atomic E-state index is 12.9. The molecular weight excluding hydrogens is 334 g/mol. The van der Waals surface area contributed by atoms with Crippen LogP contribution in [0.15, 0.2) is 41.3 Å². The Labute approximate surface area is 144 Å². The Hall–Kier alpha value is -0.880. The lowest BCUT2D eigenvalue weighted by Gasteiger charge is -2.24. The SMILES string of the molecule is C=C(CC)CN(CCC(C)CCO)S(=O)(=O)c1ccc(Cl)cc1. The van der Waals surface area contributed by atoms with Gasteiger partial charge in [0.05, 0.1) is 4.90 Å². The van der Waals surface area contributed by atoms with Gasteiger partial charge in [-0.15, -0.1) is 0 Å². The van der Waals surface area contributed by atoms with Gasteiger partial charge in [-0.2, -0.15) is 4.31 Å². The number of nitrogens with zero attached hydrogens (tertiary/aromatic N) is 1. The number of aliphatic hydroxyl groups excluding tert-OH is 1. The molecule has 0 heterocycles. The van der Waals surface area contributed by atoms with Crippen molar-refractivity contribution in [1.82, 2.24) is 4.31 Å². The number of benzene rings is 1. The molecule has 0 saturated carbocycles. The Balaban J connectivity index is 2.96. The summed E-state index contributed by atoms with van der Waals surface area (Å²) in [4.78, 5) is 0.237. The second kappa shape index (κ2) is 9.42. The van der Waals surface area contributed by atoms with Gasteiger partial charge in [0, 0.05) is 24.7 Å². The second-order valence-electron chi connectivity index (χ2n) is 5.80. The van der Waals surface area contributed by atoms with Gasteiger partial charge < -0.3 is 5.11 Å². The van der Waals surface area contributed by atoms with Gasteiger partial charge in [-0.1, -0.05) is 37.6 Å². The molecule has 1 aromatic rings. The fourth-order valence-electron chi connectivity index (χ4n) is 2.13. The summed E-state index contributed by atoms with van der Waals surface area (Å²) in [6, 6.07) is 6.21. The summed E-state index contributed by atoms with van der Waals surface area (Å²) in [6.07, 6.45) is 2.10. The summed E-state index contributed by atoms with van der Waals surface area (Å²) in [5.74, 6) is 0.262. The molecule has 130 valence electrons. The van der Waals surface area contributed by atoms with Crippen molar-refractivity contribution < 1.29 is 13.5 Å². The zero-order chi connectivity index (χ0) is 17.5. The second-order valence-corrected chi connectivity index (χ2v) is 8.18. The van der Waals surface area contributed by atoms with Crippen molar-refractivity contribution in [1.29, 1.82) is 0 Å². The molecular formula is C17H26ClNO3S. The highest BCUT2D eigenvalue weighted by molar-refractivity contribution is 7.89. The van der Waals surface area contributed by atoms with Crippen molar-refractivity contribution in [2.24, 2.45) is 5.92 Å². The summed E-state index contributed by atoms with van der Waals surface area (Å²) in [6.45, 7) is 8.74. The van der Waals surface area contributed by atoms with Crippen molar-refractivity contribution in [3.63, 3.8) is 0 Å². The molecule has 0 aliphatic carbocycles. The number of hydrogen-bond donors (Lipinski definition) is 1. The van der Waals surface area contributed by atoms with Crippen molar-refractivity contribution >= 4 is 21.6 Å². The lowest BCUT2D eigenvalue weighted by atomic mass is 10.0. The average Bonchev–Trinajstić information content (AvgIpc) is 2.51. The van der Waals surface area contributed by atoms with Gasteiger partial charge in [0.25, 0.3) is 0 Å². The monoisotopic (exact) mass is 359 g/mol. The molecule has 23 heavy (non-hydrogen) atoms. The first-order chi connectivity index (χ1) is 10.8. The van der Waals surface area contributed by atoms with Gasteiger partial charge in [0.1, 0.15) is 0 Å². The Morgan fingerprint density at radius 3 is 2.43 bits per heavy atom. The Kier molecular flexibility index (Phi) is 8.26. The molecule has 0 aliphatic heterocycles. The van der Waals surface area contributed by atoms with E-state index in [-0.39, 0.29) is 17.4 Å². The predicted octanol–water partition coefficient (Wildman–Crippen LogP) is 3.71. The first-order valence-corrected chi connectivity index (χ1v) is 9.66. The van der Waals surface area contributed by atoms with Crippen molar-refractivity contribution in [3.05, 3.63) is 41.4 Å². The molecule has 0 radical (unpaired) electrons. The molecule has 1 unspecified atom stereocenters. The molecule has 0 spiro atoms. The third kappa shape index (κ3) is 6.26. The topological polar surface area (TPSA) is 57.6 Å². The number of aliphatic hydroxyl groups is 1. The predicted molar refractivity (Wildman–Crippen MR) is 95.1 cm³/mol. The molecule has 0 saturated heterocycles. The van der Waals surface area contributed by atoms with Gasteiger partial charge in [-0.25, -0.2) is 8.42 Å². The quantitative estimate of drug-likeness (QED) is 0.648. The van der Waals surface area contributed by atoms with Gasteiger partial charge in [0.15, 0.2) is 0 Å². The fourth-order valence-corrected chi connectivity index (χ4v) is 3.73. The normalized spacial score (nSPS) is 13.3. The lowest BCUT2D eigenvalue weighted by molar-refractivity contribution is 0.253. The van der Waals surface area contributed by atoms with E-state index in [4.69, 9.17) is 16.7 Å². The summed E-state index contributed by atoms with van der Waals surface area (Å²) in [7, 11) is -3.58. The van der Waals surface area contributed by atoms with Crippen LogP contribution in [0.5, 0.6) is 0 Å².